The lowest BCUT2D eigenvalue weighted by Gasteiger charge is -2.28. The van der Waals surface area contributed by atoms with Crippen LogP contribution < -0.4 is 5.32 Å². The molecule has 176 valence electrons. The molecule has 1 amide bonds. The van der Waals surface area contributed by atoms with Gasteiger partial charge in [0.25, 0.3) is 5.91 Å². The van der Waals surface area contributed by atoms with E-state index in [1.54, 1.807) is 43.1 Å². The van der Waals surface area contributed by atoms with Crippen molar-refractivity contribution in [1.29, 1.82) is 0 Å². The van der Waals surface area contributed by atoms with Gasteiger partial charge in [-0.15, -0.1) is 0 Å². The van der Waals surface area contributed by atoms with Crippen LogP contribution in [0.4, 0.5) is 10.3 Å². The molecule has 3 heterocycles. The quantitative estimate of drug-likeness (QED) is 0.585. The number of carbonyl (C=O) groups excluding carboxylic acids is 1. The number of ether oxygens (including phenoxy) is 1. The molecule has 0 aliphatic carbocycles. The number of aliphatic hydroxyl groups excluding tert-OH is 1. The molecular formula is C23H29FN6O3. The summed E-state index contributed by atoms with van der Waals surface area (Å²) in [5.41, 5.74) is 1.88. The monoisotopic (exact) mass is 456 g/mol. The molecule has 0 bridgehead atoms. The Morgan fingerprint density at radius 3 is 2.76 bits per heavy atom. The van der Waals surface area contributed by atoms with Crippen molar-refractivity contribution >= 4 is 22.9 Å². The van der Waals surface area contributed by atoms with Crippen molar-refractivity contribution in [3.8, 4) is 5.69 Å². The number of hydrogen-bond donors (Lipinski definition) is 2. The van der Waals surface area contributed by atoms with Crippen molar-refractivity contribution in [3.63, 3.8) is 0 Å². The second-order valence-corrected chi connectivity index (χ2v) is 8.73. The van der Waals surface area contributed by atoms with E-state index < -0.39 is 6.10 Å². The minimum Gasteiger partial charge on any atom is -0.389 e. The van der Waals surface area contributed by atoms with Gasteiger partial charge < -0.3 is 25.0 Å². The fraction of sp³-hybridized carbons (Fsp3) is 0.435. The van der Waals surface area contributed by atoms with Crippen molar-refractivity contribution in [2.24, 2.45) is 0 Å². The Morgan fingerprint density at radius 2 is 2.09 bits per heavy atom. The fourth-order valence-corrected chi connectivity index (χ4v) is 3.91. The number of benzene rings is 1. The minimum atomic E-state index is -0.672. The van der Waals surface area contributed by atoms with Gasteiger partial charge in [-0.2, -0.15) is 4.98 Å². The van der Waals surface area contributed by atoms with E-state index in [0.29, 0.717) is 53.5 Å². The van der Waals surface area contributed by atoms with Crippen molar-refractivity contribution in [1.82, 2.24) is 24.3 Å². The summed E-state index contributed by atoms with van der Waals surface area (Å²) in [6.07, 6.45) is 1.57. The number of nitrogens with one attached hydrogen (secondary N) is 1. The van der Waals surface area contributed by atoms with Crippen molar-refractivity contribution in [2.75, 3.05) is 46.7 Å². The lowest BCUT2D eigenvalue weighted by atomic mass is 10.1. The van der Waals surface area contributed by atoms with Gasteiger partial charge in [-0.25, -0.2) is 9.37 Å². The van der Waals surface area contributed by atoms with Crippen LogP contribution in [0.15, 0.2) is 30.5 Å². The Labute approximate surface area is 191 Å². The maximum absolute atomic E-state index is 14.9. The van der Waals surface area contributed by atoms with E-state index in [0.717, 1.165) is 0 Å². The van der Waals surface area contributed by atoms with Crippen LogP contribution in [-0.4, -0.2) is 88.9 Å². The van der Waals surface area contributed by atoms with Crippen LogP contribution in [0.3, 0.4) is 0 Å². The summed E-state index contributed by atoms with van der Waals surface area (Å²) in [6, 6.07) is 6.38. The molecule has 1 aliphatic heterocycles. The zero-order valence-corrected chi connectivity index (χ0v) is 19.2. The molecular weight excluding hydrogens is 427 g/mol. The standard InChI is InChI=1S/C23H29FN6O3/c1-28(2)12-14-5-6-16(10-17(14)24)30-19(22(32)29(3)4)9-15-11-25-23(27-21(15)30)26-18-7-8-33-13-20(18)31/h5-6,9-11,18,20,31H,7-8,12-13H2,1-4H3,(H,25,26,27)/t18-,20-/m1/s1. The number of aliphatic hydroxyl groups is 1. The van der Waals surface area contributed by atoms with E-state index >= 15 is 0 Å². The Bertz CT molecular complexity index is 1160. The summed E-state index contributed by atoms with van der Waals surface area (Å²) < 4.78 is 21.8. The van der Waals surface area contributed by atoms with E-state index in [4.69, 9.17) is 4.74 Å². The molecule has 3 aromatic rings. The molecule has 1 aromatic carbocycles. The highest BCUT2D eigenvalue weighted by Crippen LogP contribution is 2.26. The third-order valence-electron chi connectivity index (χ3n) is 5.59. The predicted molar refractivity (Wildman–Crippen MR) is 123 cm³/mol. The van der Waals surface area contributed by atoms with E-state index in [1.807, 2.05) is 19.0 Å². The molecule has 0 unspecified atom stereocenters. The van der Waals surface area contributed by atoms with E-state index in [2.05, 4.69) is 15.3 Å². The highest BCUT2D eigenvalue weighted by Gasteiger charge is 2.25. The van der Waals surface area contributed by atoms with Gasteiger partial charge in [0.15, 0.2) is 5.65 Å². The summed E-state index contributed by atoms with van der Waals surface area (Å²) in [6.45, 7) is 1.25. The molecule has 0 spiro atoms. The number of aromatic nitrogens is 3. The van der Waals surface area contributed by atoms with Gasteiger partial charge in [0.05, 0.1) is 24.4 Å². The maximum Gasteiger partial charge on any atom is 0.270 e. The van der Waals surface area contributed by atoms with Crippen molar-refractivity contribution in [3.05, 3.63) is 47.5 Å². The molecule has 33 heavy (non-hydrogen) atoms. The lowest BCUT2D eigenvalue weighted by molar-refractivity contribution is -0.0136. The van der Waals surface area contributed by atoms with Crippen LogP contribution in [0, 0.1) is 5.82 Å². The molecule has 9 nitrogen and oxygen atoms in total. The molecule has 2 N–H and O–H groups in total. The largest absolute Gasteiger partial charge is 0.389 e. The first-order valence-corrected chi connectivity index (χ1v) is 10.8. The zero-order valence-electron chi connectivity index (χ0n) is 19.2. The predicted octanol–water partition coefficient (Wildman–Crippen LogP) is 1.88. The van der Waals surface area contributed by atoms with Crippen molar-refractivity contribution in [2.45, 2.75) is 25.1 Å². The molecule has 2 atom stereocenters. The van der Waals surface area contributed by atoms with E-state index in [1.165, 1.54) is 11.0 Å². The molecule has 0 saturated carbocycles. The van der Waals surface area contributed by atoms with Crippen LogP contribution in [0.2, 0.25) is 0 Å². The highest BCUT2D eigenvalue weighted by atomic mass is 19.1. The summed E-state index contributed by atoms with van der Waals surface area (Å²) in [4.78, 5) is 25.3. The van der Waals surface area contributed by atoms with Gasteiger partial charge in [0.1, 0.15) is 11.5 Å². The SMILES string of the molecule is CN(C)Cc1ccc(-n2c(C(=O)N(C)C)cc3cnc(N[C@@H]4CCOC[C@H]4O)nc32)cc1F. The number of carbonyl (C=O) groups is 1. The smallest absolute Gasteiger partial charge is 0.270 e. The number of rotatable bonds is 6. The topological polar surface area (TPSA) is 95.8 Å². The summed E-state index contributed by atoms with van der Waals surface area (Å²) >= 11 is 0. The Kier molecular flexibility index (Phi) is 6.59. The minimum absolute atomic E-state index is 0.236. The number of hydrogen-bond acceptors (Lipinski definition) is 7. The maximum atomic E-state index is 14.9. The molecule has 1 aliphatic rings. The highest BCUT2D eigenvalue weighted by molar-refractivity contribution is 5.98. The third kappa shape index (κ3) is 4.82. The van der Waals surface area contributed by atoms with Gasteiger partial charge >= 0.3 is 0 Å². The molecule has 10 heteroatoms. The number of amides is 1. The number of fused-ring (bicyclic) bond motifs is 1. The van der Waals surface area contributed by atoms with Gasteiger partial charge in [0.2, 0.25) is 5.95 Å². The second-order valence-electron chi connectivity index (χ2n) is 8.73. The Hall–Kier alpha value is -3.08. The Balaban J connectivity index is 1.80. The molecule has 1 saturated heterocycles. The van der Waals surface area contributed by atoms with Gasteiger partial charge in [-0.1, -0.05) is 6.07 Å². The number of nitrogens with zero attached hydrogens (tertiary/aromatic N) is 5. The number of halogens is 1. The average Bonchev–Trinajstić information content (AvgIpc) is 3.14. The summed E-state index contributed by atoms with van der Waals surface area (Å²) in [5, 5.41) is 14.0. The lowest BCUT2D eigenvalue weighted by Crippen LogP contribution is -2.42. The first-order valence-electron chi connectivity index (χ1n) is 10.8. The second kappa shape index (κ2) is 9.42. The van der Waals surface area contributed by atoms with Gasteiger partial charge in [-0.05, 0) is 38.7 Å². The van der Waals surface area contributed by atoms with Gasteiger partial charge in [0, 0.05) is 44.4 Å². The van der Waals surface area contributed by atoms with Crippen LogP contribution in [0.5, 0.6) is 0 Å². The van der Waals surface area contributed by atoms with Gasteiger partial charge in [-0.3, -0.25) is 9.36 Å². The Morgan fingerprint density at radius 1 is 1.30 bits per heavy atom. The van der Waals surface area contributed by atoms with Crippen molar-refractivity contribution < 1.29 is 19.0 Å². The fourth-order valence-electron chi connectivity index (χ4n) is 3.91. The van der Waals surface area contributed by atoms with Crippen LogP contribution >= 0.6 is 0 Å². The summed E-state index contributed by atoms with van der Waals surface area (Å²) in [7, 11) is 7.08. The van der Waals surface area contributed by atoms with Crippen LogP contribution in [0.25, 0.3) is 16.7 Å². The summed E-state index contributed by atoms with van der Waals surface area (Å²) in [5.74, 6) is -0.273. The average molecular weight is 457 g/mol. The molecule has 2 aromatic heterocycles. The normalized spacial score (nSPS) is 18.6. The first kappa shape index (κ1) is 23.1. The van der Waals surface area contributed by atoms with E-state index in [9.17, 15) is 14.3 Å². The molecule has 4 rings (SSSR count). The molecule has 1 fully saturated rings. The zero-order chi connectivity index (χ0) is 23.7. The number of anilines is 1. The van der Waals surface area contributed by atoms with E-state index in [-0.39, 0.29) is 24.4 Å². The molecule has 0 radical (unpaired) electrons. The van der Waals surface area contributed by atoms with Crippen LogP contribution in [0.1, 0.15) is 22.5 Å². The van der Waals surface area contributed by atoms with Crippen LogP contribution in [-0.2, 0) is 11.3 Å². The third-order valence-corrected chi connectivity index (χ3v) is 5.59. The first-order chi connectivity index (χ1) is 15.7.